The lowest BCUT2D eigenvalue weighted by Crippen LogP contribution is -2.64. The zero-order valence-electron chi connectivity index (χ0n) is 15.1. The zero-order valence-corrected chi connectivity index (χ0v) is 15.1. The van der Waals surface area contributed by atoms with Crippen molar-refractivity contribution in [2.24, 2.45) is 0 Å². The summed E-state index contributed by atoms with van der Waals surface area (Å²) in [5.74, 6) is -1.10. The van der Waals surface area contributed by atoms with Crippen molar-refractivity contribution in [1.82, 2.24) is 0 Å². The topological polar surface area (TPSA) is 89.5 Å². The molecule has 2 rings (SSSR count). The monoisotopic (exact) mass is 348 g/mol. The largest absolute Gasteiger partial charge is 0.464 e. The molecule has 24 heavy (non-hydrogen) atoms. The summed E-state index contributed by atoms with van der Waals surface area (Å²) in [6.07, 6.45) is -4.95. The van der Waals surface area contributed by atoms with Crippen LogP contribution in [0.15, 0.2) is 0 Å². The van der Waals surface area contributed by atoms with Crippen molar-refractivity contribution in [1.29, 1.82) is 0 Å². The maximum atomic E-state index is 12.1. The van der Waals surface area contributed by atoms with E-state index in [2.05, 4.69) is 0 Å². The van der Waals surface area contributed by atoms with E-state index >= 15 is 0 Å². The molecule has 8 nitrogen and oxygen atoms in total. The summed E-state index contributed by atoms with van der Waals surface area (Å²) in [5, 5.41) is 0. The Bertz CT molecular complexity index is 375. The molecule has 2 aliphatic heterocycles. The highest BCUT2D eigenvalue weighted by Crippen LogP contribution is 2.32. The molecule has 0 aromatic rings. The van der Waals surface area contributed by atoms with Crippen LogP contribution in [0.2, 0.25) is 0 Å². The molecule has 0 spiro atoms. The first-order valence-electron chi connectivity index (χ1n) is 8.43. The van der Waals surface area contributed by atoms with Gasteiger partial charge in [-0.3, -0.25) is 0 Å². The van der Waals surface area contributed by atoms with Gasteiger partial charge in [-0.15, -0.1) is 0 Å². The summed E-state index contributed by atoms with van der Waals surface area (Å²) in [5.41, 5.74) is 0. The maximum absolute atomic E-state index is 12.1. The number of carbonyl (C=O) groups is 2. The van der Waals surface area contributed by atoms with Crippen LogP contribution < -0.4 is 0 Å². The van der Waals surface area contributed by atoms with E-state index in [0.717, 1.165) is 0 Å². The molecule has 0 aromatic heterocycles. The molecule has 2 heterocycles. The molecule has 0 bridgehead atoms. The Hall–Kier alpha value is -1.22. The van der Waals surface area contributed by atoms with Gasteiger partial charge in [-0.05, 0) is 27.7 Å². The smallest absolute Gasteiger partial charge is 0.338 e. The van der Waals surface area contributed by atoms with Crippen LogP contribution in [-0.2, 0) is 38.0 Å². The second-order valence-corrected chi connectivity index (χ2v) is 4.95. The number of hydrogen-bond donors (Lipinski definition) is 0. The lowest BCUT2D eigenvalue weighted by Gasteiger charge is -2.46. The Morgan fingerprint density at radius 3 is 1.38 bits per heavy atom. The Balaban J connectivity index is 0.00000139. The Labute approximate surface area is 142 Å². The van der Waals surface area contributed by atoms with Gasteiger partial charge in [0, 0.05) is 0 Å². The number of fused-ring (bicyclic) bond motifs is 1. The van der Waals surface area contributed by atoms with E-state index in [1.165, 1.54) is 0 Å². The van der Waals surface area contributed by atoms with E-state index in [0.29, 0.717) is 0 Å². The predicted octanol–water partition coefficient (Wildman–Crippen LogP) is 1.40. The molecule has 0 amide bonds. The highest BCUT2D eigenvalue weighted by atomic mass is 16.8. The molecule has 2 fully saturated rings. The molecule has 0 N–H and O–H groups in total. The molecule has 140 valence electrons. The molecule has 0 saturated carbocycles. The number of carbonyl (C=O) groups excluding carboxylic acids is 2. The van der Waals surface area contributed by atoms with E-state index in [4.69, 9.17) is 28.4 Å². The number of hydrogen-bond acceptors (Lipinski definition) is 8. The van der Waals surface area contributed by atoms with E-state index < -0.39 is 48.9 Å². The normalized spacial score (nSPS) is 35.1. The van der Waals surface area contributed by atoms with Crippen LogP contribution in [0, 0.1) is 0 Å². The second kappa shape index (κ2) is 9.93. The molecule has 0 aromatic carbocycles. The van der Waals surface area contributed by atoms with Crippen LogP contribution >= 0.6 is 0 Å². The van der Waals surface area contributed by atoms with Crippen molar-refractivity contribution < 1.29 is 38.0 Å². The quantitative estimate of drug-likeness (QED) is 0.704. The Morgan fingerprint density at radius 1 is 0.750 bits per heavy atom. The second-order valence-electron chi connectivity index (χ2n) is 4.95. The van der Waals surface area contributed by atoms with E-state index in [1.54, 1.807) is 27.7 Å². The van der Waals surface area contributed by atoms with E-state index in [1.807, 2.05) is 13.8 Å². The molecule has 0 aliphatic carbocycles. The van der Waals surface area contributed by atoms with Crippen molar-refractivity contribution >= 4 is 11.9 Å². The fraction of sp³-hybridized carbons (Fsp3) is 0.875. The van der Waals surface area contributed by atoms with Crippen LogP contribution in [-0.4, -0.2) is 62.1 Å². The third-order valence-corrected chi connectivity index (χ3v) is 3.33. The van der Waals surface area contributed by atoms with Gasteiger partial charge >= 0.3 is 11.9 Å². The molecular formula is C16H28O8. The van der Waals surface area contributed by atoms with Crippen molar-refractivity contribution in [3.8, 4) is 0 Å². The van der Waals surface area contributed by atoms with Crippen molar-refractivity contribution in [2.75, 3.05) is 13.2 Å². The van der Waals surface area contributed by atoms with Crippen LogP contribution in [0.3, 0.4) is 0 Å². The minimum Gasteiger partial charge on any atom is -0.464 e. The highest BCUT2D eigenvalue weighted by molar-refractivity contribution is 5.78. The number of ether oxygens (including phenoxy) is 6. The summed E-state index contributed by atoms with van der Waals surface area (Å²) in [7, 11) is 0. The lowest BCUT2D eigenvalue weighted by atomic mass is 9.99. The zero-order chi connectivity index (χ0) is 18.3. The van der Waals surface area contributed by atoms with Gasteiger partial charge in [0.05, 0.1) is 13.2 Å². The molecule has 6 atom stereocenters. The predicted molar refractivity (Wildman–Crippen MR) is 83.0 cm³/mol. The molecule has 0 radical (unpaired) electrons. The Morgan fingerprint density at radius 2 is 1.08 bits per heavy atom. The van der Waals surface area contributed by atoms with Crippen LogP contribution in [0.4, 0.5) is 0 Å². The lowest BCUT2D eigenvalue weighted by molar-refractivity contribution is -0.362. The van der Waals surface area contributed by atoms with Crippen LogP contribution in [0.5, 0.6) is 0 Å². The molecule has 2 saturated heterocycles. The van der Waals surface area contributed by atoms with Gasteiger partial charge in [-0.2, -0.15) is 0 Å². The van der Waals surface area contributed by atoms with Gasteiger partial charge in [0.25, 0.3) is 0 Å². The third-order valence-electron chi connectivity index (χ3n) is 3.33. The summed E-state index contributed by atoms with van der Waals surface area (Å²) in [6, 6.07) is 0. The fourth-order valence-corrected chi connectivity index (χ4v) is 2.54. The third kappa shape index (κ3) is 4.89. The highest BCUT2D eigenvalue weighted by Gasteiger charge is 2.53. The number of rotatable bonds is 4. The molecular weight excluding hydrogens is 320 g/mol. The van der Waals surface area contributed by atoms with Gasteiger partial charge in [-0.1, -0.05) is 13.8 Å². The van der Waals surface area contributed by atoms with Gasteiger partial charge in [-0.25, -0.2) is 9.59 Å². The summed E-state index contributed by atoms with van der Waals surface area (Å²) in [4.78, 5) is 24.1. The van der Waals surface area contributed by atoms with E-state index in [9.17, 15) is 9.59 Å². The first-order chi connectivity index (χ1) is 11.5. The molecule has 2 aliphatic rings. The average molecular weight is 348 g/mol. The summed E-state index contributed by atoms with van der Waals surface area (Å²) in [6.45, 7) is 11.1. The first-order valence-corrected chi connectivity index (χ1v) is 8.43. The van der Waals surface area contributed by atoms with Crippen LogP contribution in [0.1, 0.15) is 41.5 Å². The maximum Gasteiger partial charge on any atom is 0.338 e. The minimum absolute atomic E-state index is 0.221. The van der Waals surface area contributed by atoms with Crippen LogP contribution in [0.25, 0.3) is 0 Å². The van der Waals surface area contributed by atoms with Gasteiger partial charge in [0.1, 0.15) is 12.2 Å². The van der Waals surface area contributed by atoms with Crippen molar-refractivity contribution in [2.45, 2.75) is 78.5 Å². The molecule has 2 unspecified atom stereocenters. The van der Waals surface area contributed by atoms with E-state index in [-0.39, 0.29) is 13.2 Å². The van der Waals surface area contributed by atoms with Gasteiger partial charge < -0.3 is 28.4 Å². The minimum atomic E-state index is -0.975. The SMILES string of the molecule is CC.CCOC(=O)[C@H]1OC(C)O[C@H]2[C@H]1OC(C)O[C@H]2C(=O)OCC. The number of esters is 2. The van der Waals surface area contributed by atoms with Gasteiger partial charge in [0.2, 0.25) is 0 Å². The standard InChI is InChI=1S/C14H22O8.C2H6/c1-5-17-13(15)11-9-10(20-7(3)21-11)12(14(16)18-6-2)22-8(4)19-9;1-2/h7-12H,5-6H2,1-4H3;1-2H3/t7?,8?,9-,10+,11+,12-;. The Kier molecular flexibility index (Phi) is 8.61. The summed E-state index contributed by atoms with van der Waals surface area (Å²) >= 11 is 0. The van der Waals surface area contributed by atoms with Crippen molar-refractivity contribution in [3.05, 3.63) is 0 Å². The average Bonchev–Trinajstić information content (AvgIpc) is 2.56. The summed E-state index contributed by atoms with van der Waals surface area (Å²) < 4.78 is 32.1. The van der Waals surface area contributed by atoms with Crippen molar-refractivity contribution in [3.63, 3.8) is 0 Å². The van der Waals surface area contributed by atoms with Gasteiger partial charge in [0.15, 0.2) is 24.8 Å². The first kappa shape index (κ1) is 20.8. The fourth-order valence-electron chi connectivity index (χ4n) is 2.54. The molecule has 8 heteroatoms.